The number of carbonyl (C=O) groups excluding carboxylic acids is 1. The van der Waals surface area contributed by atoms with Crippen LogP contribution in [0.5, 0.6) is 0 Å². The average Bonchev–Trinajstić information content (AvgIpc) is 2.79. The van der Waals surface area contributed by atoms with Gasteiger partial charge in [-0.15, -0.1) is 0 Å². The molecule has 1 fully saturated rings. The minimum absolute atomic E-state index is 0.140. The molecule has 3 rings (SSSR count). The molecule has 0 spiro atoms. The molecule has 2 aromatic rings. The number of amides is 2. The van der Waals surface area contributed by atoms with Crippen LogP contribution in [0, 0.1) is 5.41 Å². The minimum atomic E-state index is -1.35. The SMILES string of the molecule is CC(C)c1cccc(C(C)C)c1N(C)C(=O)NC1(c2ccc(N(C)C)cc2)OCC(C)(C)CO1. The van der Waals surface area contributed by atoms with Gasteiger partial charge in [0.25, 0.3) is 5.91 Å². The molecule has 6 heteroatoms. The lowest BCUT2D eigenvalue weighted by Crippen LogP contribution is -2.58. The van der Waals surface area contributed by atoms with E-state index in [1.54, 1.807) is 4.90 Å². The zero-order chi connectivity index (χ0) is 25.3. The van der Waals surface area contributed by atoms with Crippen LogP contribution in [0.2, 0.25) is 0 Å². The third-order valence-electron chi connectivity index (χ3n) is 6.35. The van der Waals surface area contributed by atoms with Crippen molar-refractivity contribution in [3.05, 3.63) is 59.2 Å². The molecule has 2 amide bonds. The van der Waals surface area contributed by atoms with Gasteiger partial charge >= 0.3 is 6.03 Å². The zero-order valence-corrected chi connectivity index (χ0v) is 22.2. The highest BCUT2D eigenvalue weighted by atomic mass is 16.7. The van der Waals surface area contributed by atoms with Crippen LogP contribution < -0.4 is 15.1 Å². The second kappa shape index (κ2) is 9.96. The van der Waals surface area contributed by atoms with Crippen LogP contribution in [-0.2, 0) is 15.4 Å². The fourth-order valence-corrected chi connectivity index (χ4v) is 4.19. The lowest BCUT2D eigenvalue weighted by atomic mass is 9.92. The molecule has 6 nitrogen and oxygen atoms in total. The first-order chi connectivity index (χ1) is 15.9. The molecule has 0 atom stereocenters. The molecule has 1 saturated heterocycles. The van der Waals surface area contributed by atoms with Crippen molar-refractivity contribution < 1.29 is 14.3 Å². The first-order valence-electron chi connectivity index (χ1n) is 12.1. The van der Waals surface area contributed by atoms with Gasteiger partial charge in [-0.3, -0.25) is 10.2 Å². The summed E-state index contributed by atoms with van der Waals surface area (Å²) in [4.78, 5) is 17.5. The highest BCUT2D eigenvalue weighted by Crippen LogP contribution is 2.38. The summed E-state index contributed by atoms with van der Waals surface area (Å²) in [6.07, 6.45) is 0. The Morgan fingerprint density at radius 1 is 0.882 bits per heavy atom. The van der Waals surface area contributed by atoms with E-state index in [0.29, 0.717) is 13.2 Å². The van der Waals surface area contributed by atoms with Crippen LogP contribution in [0.25, 0.3) is 0 Å². The molecule has 1 N–H and O–H groups in total. The van der Waals surface area contributed by atoms with Crippen LogP contribution in [0.4, 0.5) is 16.2 Å². The van der Waals surface area contributed by atoms with Crippen molar-refractivity contribution in [3.8, 4) is 0 Å². The second-order valence-corrected chi connectivity index (χ2v) is 10.9. The topological polar surface area (TPSA) is 54.0 Å². The number of hydrogen-bond donors (Lipinski definition) is 1. The normalized spacial score (nSPS) is 17.0. The molecular formula is C28H41N3O3. The van der Waals surface area contributed by atoms with E-state index in [0.717, 1.165) is 28.1 Å². The number of ether oxygens (including phenoxy) is 2. The Kier molecular flexibility index (Phi) is 7.63. The number of urea groups is 1. The van der Waals surface area contributed by atoms with Gasteiger partial charge in [0.1, 0.15) is 0 Å². The monoisotopic (exact) mass is 467 g/mol. The first kappa shape index (κ1) is 26.0. The van der Waals surface area contributed by atoms with Crippen molar-refractivity contribution in [1.82, 2.24) is 5.32 Å². The van der Waals surface area contributed by atoms with Gasteiger partial charge in [-0.05, 0) is 47.2 Å². The number of nitrogens with one attached hydrogen (secondary N) is 1. The van der Waals surface area contributed by atoms with Gasteiger partial charge in [0.05, 0.1) is 18.9 Å². The molecule has 0 aromatic heterocycles. The average molecular weight is 468 g/mol. The van der Waals surface area contributed by atoms with Gasteiger partial charge in [-0.25, -0.2) is 4.79 Å². The molecule has 186 valence electrons. The van der Waals surface area contributed by atoms with Crippen molar-refractivity contribution in [2.45, 2.75) is 59.3 Å². The first-order valence-corrected chi connectivity index (χ1v) is 12.1. The smallest absolute Gasteiger partial charge is 0.326 e. The number of rotatable bonds is 6. The van der Waals surface area contributed by atoms with E-state index in [-0.39, 0.29) is 23.3 Å². The van der Waals surface area contributed by atoms with E-state index < -0.39 is 5.91 Å². The Labute approximate surface area is 205 Å². The lowest BCUT2D eigenvalue weighted by Gasteiger charge is -2.44. The molecule has 0 unspecified atom stereocenters. The summed E-state index contributed by atoms with van der Waals surface area (Å²) >= 11 is 0. The summed E-state index contributed by atoms with van der Waals surface area (Å²) in [6.45, 7) is 13.7. The summed E-state index contributed by atoms with van der Waals surface area (Å²) in [6, 6.07) is 13.9. The Hall–Kier alpha value is -2.57. The van der Waals surface area contributed by atoms with Gasteiger partial charge in [0, 0.05) is 37.8 Å². The zero-order valence-electron chi connectivity index (χ0n) is 22.2. The van der Waals surface area contributed by atoms with Gasteiger partial charge in [0.15, 0.2) is 0 Å². The van der Waals surface area contributed by atoms with Crippen molar-refractivity contribution in [3.63, 3.8) is 0 Å². The minimum Gasteiger partial charge on any atom is -0.378 e. The predicted molar refractivity (Wildman–Crippen MR) is 140 cm³/mol. The molecule has 0 saturated carbocycles. The van der Waals surface area contributed by atoms with Crippen LogP contribution in [0.1, 0.15) is 70.1 Å². The summed E-state index contributed by atoms with van der Waals surface area (Å²) in [5.41, 5.74) is 4.90. The van der Waals surface area contributed by atoms with E-state index in [2.05, 4.69) is 65.1 Å². The second-order valence-electron chi connectivity index (χ2n) is 10.9. The van der Waals surface area contributed by atoms with Gasteiger partial charge < -0.3 is 14.4 Å². The maximum Gasteiger partial charge on any atom is 0.326 e. The summed E-state index contributed by atoms with van der Waals surface area (Å²) in [5.74, 6) is -0.796. The fourth-order valence-electron chi connectivity index (χ4n) is 4.19. The van der Waals surface area contributed by atoms with Crippen molar-refractivity contribution >= 4 is 17.4 Å². The Morgan fingerprint density at radius 2 is 1.38 bits per heavy atom. The largest absolute Gasteiger partial charge is 0.378 e. The van der Waals surface area contributed by atoms with E-state index in [1.165, 1.54) is 0 Å². The number of anilines is 2. The Balaban J connectivity index is 1.99. The molecule has 1 aliphatic heterocycles. The molecule has 0 bridgehead atoms. The van der Waals surface area contributed by atoms with Crippen LogP contribution in [0.3, 0.4) is 0 Å². The van der Waals surface area contributed by atoms with Crippen LogP contribution in [0.15, 0.2) is 42.5 Å². The van der Waals surface area contributed by atoms with E-state index in [4.69, 9.17) is 9.47 Å². The number of benzene rings is 2. The lowest BCUT2D eigenvalue weighted by molar-refractivity contribution is -0.317. The number of carbonyl (C=O) groups is 1. The molecule has 2 aromatic carbocycles. The summed E-state index contributed by atoms with van der Waals surface area (Å²) in [5, 5.41) is 3.09. The molecule has 0 radical (unpaired) electrons. The summed E-state index contributed by atoms with van der Waals surface area (Å²) in [7, 11) is 5.81. The van der Waals surface area contributed by atoms with Gasteiger partial charge in [-0.1, -0.05) is 59.7 Å². The van der Waals surface area contributed by atoms with E-state index in [1.807, 2.05) is 50.3 Å². The van der Waals surface area contributed by atoms with E-state index in [9.17, 15) is 4.79 Å². The maximum atomic E-state index is 13.7. The van der Waals surface area contributed by atoms with Gasteiger partial charge in [-0.2, -0.15) is 0 Å². The molecule has 34 heavy (non-hydrogen) atoms. The van der Waals surface area contributed by atoms with Crippen molar-refractivity contribution in [2.24, 2.45) is 5.41 Å². The molecule has 1 heterocycles. The number of nitrogens with zero attached hydrogens (tertiary/aromatic N) is 2. The Morgan fingerprint density at radius 3 is 1.82 bits per heavy atom. The van der Waals surface area contributed by atoms with Gasteiger partial charge in [0.2, 0.25) is 0 Å². The van der Waals surface area contributed by atoms with Crippen LogP contribution >= 0.6 is 0 Å². The third-order valence-corrected chi connectivity index (χ3v) is 6.35. The number of hydrogen-bond acceptors (Lipinski definition) is 4. The standard InChI is InChI=1S/C28H41N3O3/c1-19(2)23-11-10-12-24(20(3)4)25(23)31(9)26(32)29-28(33-17-27(5,6)18-34-28)21-13-15-22(16-14-21)30(7)8/h10-16,19-20H,17-18H2,1-9H3,(H,29,32). The fraction of sp³-hybridized carbons (Fsp3) is 0.536. The highest BCUT2D eigenvalue weighted by Gasteiger charge is 2.44. The summed E-state index contributed by atoms with van der Waals surface area (Å²) < 4.78 is 12.6. The predicted octanol–water partition coefficient (Wildman–Crippen LogP) is 6.03. The van der Waals surface area contributed by atoms with Crippen molar-refractivity contribution in [1.29, 1.82) is 0 Å². The third kappa shape index (κ3) is 5.39. The quantitative estimate of drug-likeness (QED) is 0.564. The van der Waals surface area contributed by atoms with Crippen LogP contribution in [-0.4, -0.2) is 40.4 Å². The molecule has 1 aliphatic rings. The Bertz CT molecular complexity index is 960. The number of para-hydroxylation sites is 1. The maximum absolute atomic E-state index is 13.7. The van der Waals surface area contributed by atoms with Crippen molar-refractivity contribution in [2.75, 3.05) is 44.2 Å². The molecular weight excluding hydrogens is 426 g/mol. The molecule has 0 aliphatic carbocycles. The van der Waals surface area contributed by atoms with E-state index >= 15 is 0 Å². The highest BCUT2D eigenvalue weighted by molar-refractivity contribution is 5.94.